The van der Waals surface area contributed by atoms with Gasteiger partial charge >= 0.3 is 6.09 Å². The SMILES string of the molecule is COc1ccc(C2=C[C@@H]3CC[C@H]2N3C(=O)OC(C)(C)C)c(CCBr)n1. The average molecular weight is 409 g/mol. The highest BCUT2D eigenvalue weighted by atomic mass is 79.9. The van der Waals surface area contributed by atoms with Gasteiger partial charge in [-0.05, 0) is 45.3 Å². The first-order valence-electron chi connectivity index (χ1n) is 8.67. The molecular weight excluding hydrogens is 384 g/mol. The highest BCUT2D eigenvalue weighted by molar-refractivity contribution is 9.09. The lowest BCUT2D eigenvalue weighted by Gasteiger charge is -2.28. The van der Waals surface area contributed by atoms with E-state index in [0.717, 1.165) is 35.8 Å². The summed E-state index contributed by atoms with van der Waals surface area (Å²) in [6.07, 6.45) is 4.75. The van der Waals surface area contributed by atoms with E-state index >= 15 is 0 Å². The normalized spacial score (nSPS) is 22.1. The minimum atomic E-state index is -0.484. The second kappa shape index (κ2) is 6.98. The van der Waals surface area contributed by atoms with Crippen molar-refractivity contribution in [2.45, 2.75) is 57.7 Å². The van der Waals surface area contributed by atoms with E-state index in [1.807, 2.05) is 31.7 Å². The largest absolute Gasteiger partial charge is 0.481 e. The summed E-state index contributed by atoms with van der Waals surface area (Å²) < 4.78 is 10.9. The van der Waals surface area contributed by atoms with E-state index in [1.165, 1.54) is 5.57 Å². The van der Waals surface area contributed by atoms with Crippen molar-refractivity contribution in [1.82, 2.24) is 9.88 Å². The van der Waals surface area contributed by atoms with Gasteiger partial charge in [0.15, 0.2) is 0 Å². The Morgan fingerprint density at radius 2 is 2.12 bits per heavy atom. The summed E-state index contributed by atoms with van der Waals surface area (Å²) in [5.74, 6) is 0.618. The van der Waals surface area contributed by atoms with Crippen molar-refractivity contribution >= 4 is 27.6 Å². The first kappa shape index (κ1) is 18.2. The van der Waals surface area contributed by atoms with E-state index in [-0.39, 0.29) is 18.2 Å². The second-order valence-corrected chi connectivity index (χ2v) is 8.25. The fourth-order valence-corrected chi connectivity index (χ4v) is 3.99. The molecule has 3 rings (SSSR count). The van der Waals surface area contributed by atoms with Crippen LogP contribution in [-0.4, -0.2) is 46.1 Å². The van der Waals surface area contributed by atoms with Crippen molar-refractivity contribution in [3.63, 3.8) is 0 Å². The Kier molecular flexibility index (Phi) is 5.09. The number of hydrogen-bond acceptors (Lipinski definition) is 4. The number of nitrogens with zero attached hydrogens (tertiary/aromatic N) is 2. The highest BCUT2D eigenvalue weighted by Gasteiger charge is 2.45. The molecular formula is C19H25BrN2O3. The summed E-state index contributed by atoms with van der Waals surface area (Å²) in [6.45, 7) is 5.70. The van der Waals surface area contributed by atoms with Crippen molar-refractivity contribution in [2.75, 3.05) is 12.4 Å². The lowest BCUT2D eigenvalue weighted by atomic mass is 9.92. The topological polar surface area (TPSA) is 51.7 Å². The van der Waals surface area contributed by atoms with Crippen molar-refractivity contribution in [1.29, 1.82) is 0 Å². The molecule has 0 spiro atoms. The Morgan fingerprint density at radius 3 is 2.76 bits per heavy atom. The van der Waals surface area contributed by atoms with Gasteiger partial charge in [-0.3, -0.25) is 4.90 Å². The van der Waals surface area contributed by atoms with Crippen LogP contribution < -0.4 is 4.74 Å². The van der Waals surface area contributed by atoms with Gasteiger partial charge in [-0.15, -0.1) is 0 Å². The molecule has 0 unspecified atom stereocenters. The zero-order valence-electron chi connectivity index (χ0n) is 15.2. The molecule has 6 heteroatoms. The van der Waals surface area contributed by atoms with Crippen LogP contribution >= 0.6 is 15.9 Å². The lowest BCUT2D eigenvalue weighted by molar-refractivity contribution is 0.0235. The van der Waals surface area contributed by atoms with Gasteiger partial charge in [0.25, 0.3) is 0 Å². The molecule has 1 amide bonds. The summed E-state index contributed by atoms with van der Waals surface area (Å²) in [7, 11) is 1.63. The van der Waals surface area contributed by atoms with Gasteiger partial charge in [0.1, 0.15) is 5.60 Å². The number of aryl methyl sites for hydroxylation is 1. The number of halogens is 1. The number of ether oxygens (including phenoxy) is 2. The van der Waals surface area contributed by atoms with Crippen LogP contribution in [0.1, 0.15) is 44.9 Å². The number of hydrogen-bond donors (Lipinski definition) is 0. The fourth-order valence-electron chi connectivity index (χ4n) is 3.61. The molecule has 1 aromatic rings. The van der Waals surface area contributed by atoms with Crippen LogP contribution in [0.25, 0.3) is 5.57 Å². The summed E-state index contributed by atoms with van der Waals surface area (Å²) in [5.41, 5.74) is 2.82. The molecule has 1 saturated heterocycles. The Balaban J connectivity index is 1.88. The molecule has 136 valence electrons. The van der Waals surface area contributed by atoms with E-state index in [9.17, 15) is 4.79 Å². The van der Waals surface area contributed by atoms with Gasteiger partial charge in [0, 0.05) is 23.4 Å². The molecule has 3 heterocycles. The van der Waals surface area contributed by atoms with Crippen molar-refractivity contribution in [3.8, 4) is 5.88 Å². The first-order chi connectivity index (χ1) is 11.8. The van der Waals surface area contributed by atoms with Gasteiger partial charge in [-0.1, -0.05) is 22.0 Å². The minimum Gasteiger partial charge on any atom is -0.481 e. The molecule has 0 aromatic carbocycles. The Hall–Kier alpha value is -1.56. The third-order valence-electron chi connectivity index (χ3n) is 4.56. The van der Waals surface area contributed by atoms with E-state index in [1.54, 1.807) is 7.11 Å². The molecule has 5 nitrogen and oxygen atoms in total. The number of carbonyl (C=O) groups excluding carboxylic acids is 1. The van der Waals surface area contributed by atoms with E-state index in [2.05, 4.69) is 33.1 Å². The Labute approximate surface area is 157 Å². The monoisotopic (exact) mass is 408 g/mol. The predicted octanol–water partition coefficient (Wildman–Crippen LogP) is 4.19. The van der Waals surface area contributed by atoms with Gasteiger partial charge in [-0.2, -0.15) is 0 Å². The summed E-state index contributed by atoms with van der Waals surface area (Å²) in [5, 5.41) is 0.831. The molecule has 2 aliphatic rings. The average Bonchev–Trinajstić information content (AvgIpc) is 3.11. The number of fused-ring (bicyclic) bond motifs is 2. The third kappa shape index (κ3) is 3.68. The number of methoxy groups -OCH3 is 1. The molecule has 1 fully saturated rings. The smallest absolute Gasteiger partial charge is 0.411 e. The number of amides is 1. The molecule has 0 radical (unpaired) electrons. The van der Waals surface area contributed by atoms with Crippen LogP contribution in [-0.2, 0) is 11.2 Å². The zero-order chi connectivity index (χ0) is 18.2. The summed E-state index contributed by atoms with van der Waals surface area (Å²) >= 11 is 3.50. The standard InChI is InChI=1S/C19H25BrN2O3/c1-19(2,3)25-18(23)22-12-5-7-16(22)14(11-12)13-6-8-17(24-4)21-15(13)9-10-20/h6,8,11-12,16H,5,7,9-10H2,1-4H3/t12-,16+/m0/s1. The van der Waals surface area contributed by atoms with Crippen molar-refractivity contribution in [3.05, 3.63) is 29.5 Å². The van der Waals surface area contributed by atoms with Crippen LogP contribution in [0.2, 0.25) is 0 Å². The van der Waals surface area contributed by atoms with Gasteiger partial charge in [0.05, 0.1) is 24.9 Å². The fraction of sp³-hybridized carbons (Fsp3) is 0.579. The maximum absolute atomic E-state index is 12.6. The van der Waals surface area contributed by atoms with Crippen LogP contribution in [0.4, 0.5) is 4.79 Å². The third-order valence-corrected chi connectivity index (χ3v) is 4.96. The Bertz CT molecular complexity index is 696. The quantitative estimate of drug-likeness (QED) is 0.700. The Morgan fingerprint density at radius 1 is 1.36 bits per heavy atom. The number of carbonyl (C=O) groups is 1. The molecule has 0 saturated carbocycles. The van der Waals surface area contributed by atoms with E-state index < -0.39 is 5.60 Å². The van der Waals surface area contributed by atoms with Crippen molar-refractivity contribution < 1.29 is 14.3 Å². The summed E-state index contributed by atoms with van der Waals surface area (Å²) in [4.78, 5) is 19.1. The van der Waals surface area contributed by atoms with Gasteiger partial charge in [0.2, 0.25) is 5.88 Å². The van der Waals surface area contributed by atoms with Crippen molar-refractivity contribution in [2.24, 2.45) is 0 Å². The van der Waals surface area contributed by atoms with Crippen LogP contribution in [0, 0.1) is 0 Å². The second-order valence-electron chi connectivity index (χ2n) is 7.46. The zero-order valence-corrected chi connectivity index (χ0v) is 16.8. The maximum atomic E-state index is 12.6. The van der Waals surface area contributed by atoms with Gasteiger partial charge < -0.3 is 9.47 Å². The number of alkyl halides is 1. The van der Waals surface area contributed by atoms with Crippen LogP contribution in [0.3, 0.4) is 0 Å². The molecule has 2 bridgehead atoms. The molecule has 2 aliphatic heterocycles. The molecule has 25 heavy (non-hydrogen) atoms. The van der Waals surface area contributed by atoms with Gasteiger partial charge in [-0.25, -0.2) is 9.78 Å². The number of rotatable bonds is 4. The van der Waals surface area contributed by atoms with Crippen LogP contribution in [0.15, 0.2) is 18.2 Å². The minimum absolute atomic E-state index is 0.0733. The maximum Gasteiger partial charge on any atom is 0.411 e. The molecule has 0 N–H and O–H groups in total. The number of pyridine rings is 1. The summed E-state index contributed by atoms with van der Waals surface area (Å²) in [6, 6.07) is 4.14. The predicted molar refractivity (Wildman–Crippen MR) is 101 cm³/mol. The molecule has 2 atom stereocenters. The van der Waals surface area contributed by atoms with E-state index in [4.69, 9.17) is 9.47 Å². The molecule has 0 aliphatic carbocycles. The number of aromatic nitrogens is 1. The first-order valence-corrected chi connectivity index (χ1v) is 9.79. The van der Waals surface area contributed by atoms with E-state index in [0.29, 0.717) is 5.88 Å². The lowest BCUT2D eigenvalue weighted by Crippen LogP contribution is -2.40. The van der Waals surface area contributed by atoms with Crippen LogP contribution in [0.5, 0.6) is 5.88 Å². The highest BCUT2D eigenvalue weighted by Crippen LogP contribution is 2.43. The molecule has 1 aromatic heterocycles.